The molecule has 1 heterocycles. The van der Waals surface area contributed by atoms with Crippen LogP contribution in [0.4, 0.5) is 13.2 Å². The smallest absolute Gasteiger partial charge is 0.444 e. The van der Waals surface area contributed by atoms with Crippen molar-refractivity contribution in [3.05, 3.63) is 142 Å². The third-order valence-corrected chi connectivity index (χ3v) is 12.9. The van der Waals surface area contributed by atoms with E-state index in [0.717, 1.165) is 43.4 Å². The maximum Gasteiger partial charge on any atom is 0.471 e. The van der Waals surface area contributed by atoms with Crippen LogP contribution in [0.2, 0.25) is 5.02 Å². The monoisotopic (exact) mass is 914 g/mol. The van der Waals surface area contributed by atoms with Crippen molar-refractivity contribution in [1.82, 2.24) is 20.0 Å². The van der Waals surface area contributed by atoms with E-state index in [4.69, 9.17) is 16.3 Å². The first kappa shape index (κ1) is 48.8. The molecule has 4 aromatic carbocycles. The minimum absolute atomic E-state index is 0.334. The molecule has 346 valence electrons. The van der Waals surface area contributed by atoms with Gasteiger partial charge in [0.1, 0.15) is 11.6 Å². The highest BCUT2D eigenvalue weighted by atomic mass is 35.5. The number of esters is 1. The number of halogens is 4. The maximum atomic E-state index is 14.6. The Morgan fingerprint density at radius 3 is 1.89 bits per heavy atom. The molecule has 14 heteroatoms. The number of benzene rings is 4. The van der Waals surface area contributed by atoms with Gasteiger partial charge in [0.05, 0.1) is 13.0 Å². The second-order valence-electron chi connectivity index (χ2n) is 17.6. The van der Waals surface area contributed by atoms with E-state index in [9.17, 15) is 37.1 Å². The summed E-state index contributed by atoms with van der Waals surface area (Å²) < 4.78 is 48.4. The Hall–Kier alpha value is -5.69. The fourth-order valence-corrected chi connectivity index (χ4v) is 9.41. The Kier molecular flexibility index (Phi) is 16.2. The zero-order chi connectivity index (χ0) is 46.8. The normalized spacial score (nSPS) is 16.3. The highest BCUT2D eigenvalue weighted by molar-refractivity contribution is 6.31. The molecule has 10 nitrogen and oxygen atoms in total. The van der Waals surface area contributed by atoms with E-state index in [1.54, 1.807) is 47.4 Å². The number of rotatable bonds is 15. The Morgan fingerprint density at radius 1 is 0.738 bits per heavy atom. The lowest BCUT2D eigenvalue weighted by atomic mass is 9.78. The molecule has 4 aromatic rings. The van der Waals surface area contributed by atoms with Crippen molar-refractivity contribution >= 4 is 41.2 Å². The van der Waals surface area contributed by atoms with Gasteiger partial charge in [0.25, 0.3) is 0 Å². The minimum atomic E-state index is -5.29. The molecule has 2 atom stereocenters. The number of carbonyl (C=O) groups is 5. The molecule has 0 aromatic heterocycles. The summed E-state index contributed by atoms with van der Waals surface area (Å²) >= 11 is 6.98. The Morgan fingerprint density at radius 2 is 1.29 bits per heavy atom. The van der Waals surface area contributed by atoms with Gasteiger partial charge in [-0.05, 0) is 62.6 Å². The molecule has 1 aliphatic carbocycles. The van der Waals surface area contributed by atoms with Gasteiger partial charge < -0.3 is 24.8 Å². The van der Waals surface area contributed by atoms with Gasteiger partial charge in [-0.25, -0.2) is 0 Å². The number of ether oxygens (including phenoxy) is 1. The molecule has 1 unspecified atom stereocenters. The zero-order valence-electron chi connectivity index (χ0n) is 37.2. The fraction of sp³-hybridized carbons (Fsp3) is 0.431. The minimum Gasteiger partial charge on any atom is -0.444 e. The lowest BCUT2D eigenvalue weighted by Gasteiger charge is -2.40. The summed E-state index contributed by atoms with van der Waals surface area (Å²) in [5.41, 5.74) is -0.407. The molecule has 1 aliphatic heterocycles. The summed E-state index contributed by atoms with van der Waals surface area (Å²) in [6.45, 7) is 1.92. The number of amides is 4. The number of alkyl halides is 3. The lowest BCUT2D eigenvalue weighted by molar-refractivity contribution is -0.193. The van der Waals surface area contributed by atoms with Crippen LogP contribution in [-0.4, -0.2) is 88.7 Å². The van der Waals surface area contributed by atoms with Crippen LogP contribution in [0.25, 0.3) is 0 Å². The number of carbonyl (C=O) groups excluding carboxylic acids is 5. The molecule has 2 aliphatic rings. The molecule has 4 amide bonds. The number of likely N-dealkylation sites (tertiary alicyclic amines) is 1. The van der Waals surface area contributed by atoms with Crippen molar-refractivity contribution in [3.8, 4) is 0 Å². The van der Waals surface area contributed by atoms with Crippen LogP contribution in [0.3, 0.4) is 0 Å². The van der Waals surface area contributed by atoms with Crippen LogP contribution in [0.1, 0.15) is 112 Å². The molecule has 0 spiro atoms. The van der Waals surface area contributed by atoms with Crippen LogP contribution in [0.15, 0.2) is 109 Å². The average Bonchev–Trinajstić information content (AvgIpc) is 3.82. The summed E-state index contributed by atoms with van der Waals surface area (Å²) in [5, 5.41) is 2.97. The van der Waals surface area contributed by atoms with Crippen molar-refractivity contribution in [1.29, 1.82) is 0 Å². The SMILES string of the molecule is CN(CC(=O)N[C@@H](CC(=O)OC(c1ccccc1)(c1ccc(C2CCCCCCC2)cc1)c1ccccc1Cl)C(=O)N1CCCC1)C(=O)C(C)(C)N(Cc1ccccc1)C(=O)C(F)(F)F. The average molecular weight is 915 g/mol. The Balaban J connectivity index is 1.28. The number of nitrogens with one attached hydrogen (secondary N) is 1. The molecule has 1 N–H and O–H groups in total. The summed E-state index contributed by atoms with van der Waals surface area (Å²) in [4.78, 5) is 72.2. The van der Waals surface area contributed by atoms with E-state index in [1.807, 2.05) is 42.5 Å². The topological polar surface area (TPSA) is 116 Å². The first-order valence-electron chi connectivity index (χ1n) is 22.4. The van der Waals surface area contributed by atoms with Crippen molar-refractivity contribution in [3.63, 3.8) is 0 Å². The second kappa shape index (κ2) is 21.5. The summed E-state index contributed by atoms with van der Waals surface area (Å²) in [5.74, 6) is -5.00. The van der Waals surface area contributed by atoms with Gasteiger partial charge in [0, 0.05) is 48.4 Å². The second-order valence-corrected chi connectivity index (χ2v) is 18.0. The molecular weight excluding hydrogens is 857 g/mol. The first-order valence-corrected chi connectivity index (χ1v) is 22.8. The highest BCUT2D eigenvalue weighted by Crippen LogP contribution is 2.45. The third kappa shape index (κ3) is 11.8. The van der Waals surface area contributed by atoms with Gasteiger partial charge in [-0.3, -0.25) is 24.0 Å². The highest BCUT2D eigenvalue weighted by Gasteiger charge is 2.50. The molecule has 65 heavy (non-hydrogen) atoms. The first-order chi connectivity index (χ1) is 31.0. The van der Waals surface area contributed by atoms with Crippen LogP contribution in [0, 0.1) is 0 Å². The van der Waals surface area contributed by atoms with Gasteiger partial charge >= 0.3 is 18.1 Å². The largest absolute Gasteiger partial charge is 0.471 e. The van der Waals surface area contributed by atoms with Crippen molar-refractivity contribution < 1.29 is 41.9 Å². The van der Waals surface area contributed by atoms with E-state index in [1.165, 1.54) is 57.9 Å². The van der Waals surface area contributed by atoms with Crippen molar-refractivity contribution in [2.24, 2.45) is 0 Å². The van der Waals surface area contributed by atoms with Crippen molar-refractivity contribution in [2.45, 2.75) is 114 Å². The number of hydrogen-bond acceptors (Lipinski definition) is 6. The predicted octanol–water partition coefficient (Wildman–Crippen LogP) is 9.33. The lowest BCUT2D eigenvalue weighted by Crippen LogP contribution is -2.60. The quantitative estimate of drug-likeness (QED) is 0.0940. The van der Waals surface area contributed by atoms with Gasteiger partial charge in [-0.2, -0.15) is 13.2 Å². The number of nitrogens with zero attached hydrogens (tertiary/aromatic N) is 3. The van der Waals surface area contributed by atoms with Crippen LogP contribution in [-0.2, 0) is 40.9 Å². The molecule has 1 saturated carbocycles. The van der Waals surface area contributed by atoms with Crippen molar-refractivity contribution in [2.75, 3.05) is 26.7 Å². The fourth-order valence-electron chi connectivity index (χ4n) is 9.14. The number of hydrogen-bond donors (Lipinski definition) is 1. The van der Waals surface area contributed by atoms with Gasteiger partial charge in [0.2, 0.25) is 17.7 Å². The third-order valence-electron chi connectivity index (χ3n) is 12.6. The van der Waals surface area contributed by atoms with E-state index in [0.29, 0.717) is 51.2 Å². The van der Waals surface area contributed by atoms with Crippen LogP contribution in [0.5, 0.6) is 0 Å². The number of likely N-dealkylation sites (N-methyl/N-ethyl adjacent to an activating group) is 1. The molecule has 6 rings (SSSR count). The molecule has 0 radical (unpaired) electrons. The van der Waals surface area contributed by atoms with E-state index < -0.39 is 72.5 Å². The maximum absolute atomic E-state index is 14.6. The Labute approximate surface area is 384 Å². The standard InChI is InChI=1S/C51H58ClF3N4O6/c1-49(2,59(48(64)51(53,54)55)34-36-19-9-7-10-20-36)47(63)57(3)35-44(60)56-43(46(62)58-31-17-18-32-58)33-45(61)65-50(39-23-13-8-14-24-39,41-25-15-16-26-42(41)52)40-29-27-38(28-30-40)37-21-11-5-4-6-12-22-37/h7-10,13-16,19-20,23-30,37,43H,4-6,11-12,17-18,21-22,31-35H2,1-3H3,(H,56,60)/t43-,50?/m0/s1. The Bertz CT molecular complexity index is 2260. The molecule has 0 bridgehead atoms. The van der Waals surface area contributed by atoms with E-state index in [-0.39, 0.29) is 0 Å². The van der Waals surface area contributed by atoms with Crippen LogP contribution < -0.4 is 5.32 Å². The van der Waals surface area contributed by atoms with Gasteiger partial charge in [-0.15, -0.1) is 0 Å². The van der Waals surface area contributed by atoms with E-state index >= 15 is 0 Å². The summed E-state index contributed by atoms with van der Waals surface area (Å²) in [6, 6.07) is 30.9. The molecule has 1 saturated heterocycles. The summed E-state index contributed by atoms with van der Waals surface area (Å²) in [6.07, 6.45) is 3.73. The van der Waals surface area contributed by atoms with E-state index in [2.05, 4.69) is 17.4 Å². The van der Waals surface area contributed by atoms with Crippen LogP contribution >= 0.6 is 11.6 Å². The van der Waals surface area contributed by atoms with Gasteiger partial charge in [-0.1, -0.05) is 147 Å². The summed E-state index contributed by atoms with van der Waals surface area (Å²) in [7, 11) is 1.22. The zero-order valence-corrected chi connectivity index (χ0v) is 38.0. The molecule has 2 fully saturated rings. The predicted molar refractivity (Wildman–Crippen MR) is 242 cm³/mol. The van der Waals surface area contributed by atoms with Gasteiger partial charge in [0.15, 0.2) is 5.60 Å². The molecular formula is C51H58ClF3N4O6.